The van der Waals surface area contributed by atoms with Crippen LogP contribution in [0.2, 0.25) is 5.02 Å². The summed E-state index contributed by atoms with van der Waals surface area (Å²) in [6.07, 6.45) is 0.908. The van der Waals surface area contributed by atoms with Crippen molar-refractivity contribution in [3.8, 4) is 0 Å². The summed E-state index contributed by atoms with van der Waals surface area (Å²) in [6.45, 7) is 4.10. The van der Waals surface area contributed by atoms with Gasteiger partial charge in [0.1, 0.15) is 5.56 Å². The molecular formula is C13H17ClN2O3. The summed E-state index contributed by atoms with van der Waals surface area (Å²) >= 11 is 5.81. The first-order chi connectivity index (χ1) is 8.95. The molecule has 1 rings (SSSR count). The lowest BCUT2D eigenvalue weighted by molar-refractivity contribution is -0.115. The molecule has 1 unspecified atom stereocenters. The summed E-state index contributed by atoms with van der Waals surface area (Å²) in [7, 11) is 0. The van der Waals surface area contributed by atoms with Gasteiger partial charge in [-0.1, -0.05) is 24.6 Å². The Balaban J connectivity index is 2.74. The van der Waals surface area contributed by atoms with Crippen LogP contribution in [-0.2, 0) is 4.79 Å². The number of carboxylic acids is 1. The number of hydrogen-bond donors (Lipinski definition) is 3. The fourth-order valence-electron chi connectivity index (χ4n) is 1.45. The van der Waals surface area contributed by atoms with Crippen LogP contribution >= 0.6 is 11.6 Å². The SMILES string of the molecule is CCC(C)NCC(=O)Nc1cccc(Cl)c1C(=O)O. The number of carboxylic acid groups (broad SMARTS) is 1. The zero-order valence-corrected chi connectivity index (χ0v) is 11.6. The van der Waals surface area contributed by atoms with Crippen LogP contribution in [0, 0.1) is 0 Å². The molecule has 1 amide bonds. The normalized spacial score (nSPS) is 11.9. The van der Waals surface area contributed by atoms with Crippen LogP contribution in [0.1, 0.15) is 30.6 Å². The quantitative estimate of drug-likeness (QED) is 0.749. The molecule has 0 spiro atoms. The molecule has 19 heavy (non-hydrogen) atoms. The number of benzene rings is 1. The molecule has 104 valence electrons. The van der Waals surface area contributed by atoms with Crippen molar-refractivity contribution in [2.45, 2.75) is 26.3 Å². The Kier molecular flexibility index (Phi) is 5.79. The number of carbonyl (C=O) groups is 2. The number of carbonyl (C=O) groups excluding carboxylic acids is 1. The van der Waals surface area contributed by atoms with Crippen molar-refractivity contribution in [3.63, 3.8) is 0 Å². The predicted molar refractivity (Wildman–Crippen MR) is 74.8 cm³/mol. The highest BCUT2D eigenvalue weighted by atomic mass is 35.5. The second-order valence-corrected chi connectivity index (χ2v) is 4.61. The molecule has 0 aromatic heterocycles. The van der Waals surface area contributed by atoms with Crippen molar-refractivity contribution >= 4 is 29.2 Å². The van der Waals surface area contributed by atoms with Gasteiger partial charge in [0.25, 0.3) is 0 Å². The van der Waals surface area contributed by atoms with Crippen molar-refractivity contribution in [1.82, 2.24) is 5.32 Å². The summed E-state index contributed by atoms with van der Waals surface area (Å²) < 4.78 is 0. The van der Waals surface area contributed by atoms with Crippen molar-refractivity contribution in [1.29, 1.82) is 0 Å². The summed E-state index contributed by atoms with van der Waals surface area (Å²) in [4.78, 5) is 22.8. The first kappa shape index (κ1) is 15.5. The lowest BCUT2D eigenvalue weighted by Gasteiger charge is -2.13. The van der Waals surface area contributed by atoms with Crippen molar-refractivity contribution < 1.29 is 14.7 Å². The number of hydrogen-bond acceptors (Lipinski definition) is 3. The van der Waals surface area contributed by atoms with Crippen LogP contribution in [-0.4, -0.2) is 29.6 Å². The summed E-state index contributed by atoms with van der Waals surface area (Å²) in [5.41, 5.74) is 0.108. The van der Waals surface area contributed by atoms with E-state index in [1.54, 1.807) is 6.07 Å². The molecule has 0 saturated carbocycles. The molecule has 5 nitrogen and oxygen atoms in total. The minimum absolute atomic E-state index is 0.0962. The van der Waals surface area contributed by atoms with E-state index in [0.29, 0.717) is 0 Å². The Labute approximate surface area is 117 Å². The van der Waals surface area contributed by atoms with Gasteiger partial charge < -0.3 is 15.7 Å². The summed E-state index contributed by atoms with van der Waals surface area (Å²) in [6, 6.07) is 4.80. The maximum Gasteiger partial charge on any atom is 0.339 e. The van der Waals surface area contributed by atoms with Crippen LogP contribution in [0.15, 0.2) is 18.2 Å². The first-order valence-electron chi connectivity index (χ1n) is 6.00. The molecule has 0 aliphatic carbocycles. The Hall–Kier alpha value is -1.59. The van der Waals surface area contributed by atoms with E-state index in [1.807, 2.05) is 13.8 Å². The third-order valence-electron chi connectivity index (χ3n) is 2.73. The largest absolute Gasteiger partial charge is 0.478 e. The smallest absolute Gasteiger partial charge is 0.339 e. The highest BCUT2D eigenvalue weighted by Crippen LogP contribution is 2.24. The Morgan fingerprint density at radius 1 is 1.42 bits per heavy atom. The standard InChI is InChI=1S/C13H17ClN2O3/c1-3-8(2)15-7-11(17)16-10-6-4-5-9(14)12(10)13(18)19/h4-6,8,15H,3,7H2,1-2H3,(H,16,17)(H,18,19). The number of amides is 1. The molecule has 0 radical (unpaired) electrons. The van der Waals surface area contributed by atoms with E-state index >= 15 is 0 Å². The highest BCUT2D eigenvalue weighted by molar-refractivity contribution is 6.34. The highest BCUT2D eigenvalue weighted by Gasteiger charge is 2.16. The molecule has 1 aromatic rings. The van der Waals surface area contributed by atoms with Crippen LogP contribution in [0.25, 0.3) is 0 Å². The van der Waals surface area contributed by atoms with Gasteiger partial charge in [0, 0.05) is 6.04 Å². The van der Waals surface area contributed by atoms with Gasteiger partial charge in [0.2, 0.25) is 5.91 Å². The average Bonchev–Trinajstić information content (AvgIpc) is 2.35. The Bertz CT molecular complexity index is 477. The Morgan fingerprint density at radius 2 is 2.11 bits per heavy atom. The molecule has 0 heterocycles. The van der Waals surface area contributed by atoms with Crippen LogP contribution in [0.3, 0.4) is 0 Å². The molecule has 0 aliphatic rings. The topological polar surface area (TPSA) is 78.4 Å². The number of anilines is 1. The number of nitrogens with one attached hydrogen (secondary N) is 2. The number of halogens is 1. The fraction of sp³-hybridized carbons (Fsp3) is 0.385. The second-order valence-electron chi connectivity index (χ2n) is 4.21. The van der Waals surface area contributed by atoms with Gasteiger partial charge in [-0.2, -0.15) is 0 Å². The molecule has 1 aromatic carbocycles. The van der Waals surface area contributed by atoms with Gasteiger partial charge in [-0.25, -0.2) is 4.79 Å². The Morgan fingerprint density at radius 3 is 2.68 bits per heavy atom. The third kappa shape index (κ3) is 4.54. The monoisotopic (exact) mass is 284 g/mol. The molecule has 3 N–H and O–H groups in total. The van der Waals surface area contributed by atoms with Gasteiger partial charge in [-0.05, 0) is 25.5 Å². The predicted octanol–water partition coefficient (Wildman–Crippen LogP) is 2.36. The van der Waals surface area contributed by atoms with E-state index in [0.717, 1.165) is 6.42 Å². The molecule has 0 bridgehead atoms. The van der Waals surface area contributed by atoms with Crippen LogP contribution in [0.4, 0.5) is 5.69 Å². The van der Waals surface area contributed by atoms with Crippen molar-refractivity contribution in [2.75, 3.05) is 11.9 Å². The van der Waals surface area contributed by atoms with Gasteiger partial charge >= 0.3 is 5.97 Å². The van der Waals surface area contributed by atoms with E-state index in [9.17, 15) is 9.59 Å². The maximum absolute atomic E-state index is 11.7. The fourth-order valence-corrected chi connectivity index (χ4v) is 1.71. The van der Waals surface area contributed by atoms with Crippen LogP contribution < -0.4 is 10.6 Å². The number of aromatic carboxylic acids is 1. The van der Waals surface area contributed by atoms with E-state index in [-0.39, 0.29) is 34.8 Å². The zero-order valence-electron chi connectivity index (χ0n) is 10.9. The molecule has 6 heteroatoms. The van der Waals surface area contributed by atoms with Crippen molar-refractivity contribution in [2.24, 2.45) is 0 Å². The lowest BCUT2D eigenvalue weighted by atomic mass is 10.1. The molecule has 0 aliphatic heterocycles. The van der Waals surface area contributed by atoms with Gasteiger partial charge in [0.15, 0.2) is 0 Å². The minimum Gasteiger partial charge on any atom is -0.478 e. The number of rotatable bonds is 6. The first-order valence-corrected chi connectivity index (χ1v) is 6.38. The molecule has 0 fully saturated rings. The minimum atomic E-state index is -1.17. The van der Waals surface area contributed by atoms with E-state index in [1.165, 1.54) is 12.1 Å². The van der Waals surface area contributed by atoms with E-state index < -0.39 is 5.97 Å². The van der Waals surface area contributed by atoms with Crippen LogP contribution in [0.5, 0.6) is 0 Å². The zero-order chi connectivity index (χ0) is 14.4. The molecule has 0 saturated heterocycles. The van der Waals surface area contributed by atoms with E-state index in [4.69, 9.17) is 16.7 Å². The van der Waals surface area contributed by atoms with Gasteiger partial charge in [-0.3, -0.25) is 4.79 Å². The van der Waals surface area contributed by atoms with Gasteiger partial charge in [-0.15, -0.1) is 0 Å². The maximum atomic E-state index is 11.7. The molecular weight excluding hydrogens is 268 g/mol. The van der Waals surface area contributed by atoms with E-state index in [2.05, 4.69) is 10.6 Å². The van der Waals surface area contributed by atoms with Crippen molar-refractivity contribution in [3.05, 3.63) is 28.8 Å². The third-order valence-corrected chi connectivity index (χ3v) is 3.04. The summed E-state index contributed by atoms with van der Waals surface area (Å²) in [5.74, 6) is -1.47. The average molecular weight is 285 g/mol. The summed E-state index contributed by atoms with van der Waals surface area (Å²) in [5, 5.41) is 14.7. The lowest BCUT2D eigenvalue weighted by Crippen LogP contribution is -2.34. The van der Waals surface area contributed by atoms with Gasteiger partial charge in [0.05, 0.1) is 17.3 Å². The molecule has 1 atom stereocenters. The second kappa shape index (κ2) is 7.11.